The van der Waals surface area contributed by atoms with E-state index < -0.39 is 5.97 Å². The van der Waals surface area contributed by atoms with Gasteiger partial charge in [-0.15, -0.1) is 0 Å². The third kappa shape index (κ3) is 5.21. The van der Waals surface area contributed by atoms with Crippen LogP contribution in [0.3, 0.4) is 0 Å². The van der Waals surface area contributed by atoms with Gasteiger partial charge in [0.05, 0.1) is 10.7 Å². The summed E-state index contributed by atoms with van der Waals surface area (Å²) in [4.78, 5) is 16.7. The molecule has 1 aliphatic rings. The van der Waals surface area contributed by atoms with Gasteiger partial charge in [0, 0.05) is 10.0 Å². The van der Waals surface area contributed by atoms with Crippen molar-refractivity contribution in [3.63, 3.8) is 0 Å². The van der Waals surface area contributed by atoms with Gasteiger partial charge < -0.3 is 14.2 Å². The molecular weight excluding hydrogens is 585 g/mol. The van der Waals surface area contributed by atoms with Crippen LogP contribution in [0.15, 0.2) is 75.8 Å². The van der Waals surface area contributed by atoms with Crippen LogP contribution >= 0.6 is 38.5 Å². The maximum Gasteiger partial charge on any atom is 0.363 e. The fraction of sp³-hybridized carbons (Fsp3) is 0.120. The minimum Gasteiger partial charge on any atom is -0.493 e. The van der Waals surface area contributed by atoms with Crippen molar-refractivity contribution in [3.8, 4) is 11.5 Å². The Morgan fingerprint density at radius 3 is 2.69 bits per heavy atom. The Kier molecular flexibility index (Phi) is 6.95. The topological polar surface area (TPSA) is 57.1 Å². The molecule has 0 saturated carbocycles. The van der Waals surface area contributed by atoms with E-state index in [0.29, 0.717) is 18.1 Å². The second-order valence-corrected chi connectivity index (χ2v) is 9.24. The Balaban J connectivity index is 1.59. The van der Waals surface area contributed by atoms with Crippen molar-refractivity contribution in [1.82, 2.24) is 0 Å². The number of benzene rings is 3. The highest BCUT2D eigenvalue weighted by molar-refractivity contribution is 14.1. The summed E-state index contributed by atoms with van der Waals surface area (Å²) in [6, 6.07) is 19.4. The summed E-state index contributed by atoms with van der Waals surface area (Å²) in [5.41, 5.74) is 3.98. The van der Waals surface area contributed by atoms with Gasteiger partial charge in [0.25, 0.3) is 0 Å². The summed E-state index contributed by atoms with van der Waals surface area (Å²) in [6.07, 6.45) is 1.68. The number of cyclic esters (lactones) is 1. The zero-order valence-corrected chi connectivity index (χ0v) is 21.1. The molecule has 0 spiro atoms. The average molecular weight is 604 g/mol. The molecule has 0 aromatic heterocycles. The first-order chi connectivity index (χ1) is 15.4. The number of carbonyl (C=O) groups excluding carboxylic acids is 1. The van der Waals surface area contributed by atoms with Crippen molar-refractivity contribution in [2.75, 3.05) is 7.11 Å². The number of aryl methyl sites for hydroxylation is 1. The second kappa shape index (κ2) is 9.87. The molecule has 0 saturated heterocycles. The Hall–Kier alpha value is -2.65. The van der Waals surface area contributed by atoms with Crippen LogP contribution in [0.25, 0.3) is 6.08 Å². The van der Waals surface area contributed by atoms with E-state index in [1.165, 1.54) is 5.56 Å². The summed E-state index contributed by atoms with van der Waals surface area (Å²) in [5, 5.41) is 0. The van der Waals surface area contributed by atoms with Crippen LogP contribution in [0.1, 0.15) is 22.3 Å². The molecule has 0 amide bonds. The monoisotopic (exact) mass is 603 g/mol. The van der Waals surface area contributed by atoms with E-state index in [4.69, 9.17) is 14.2 Å². The summed E-state index contributed by atoms with van der Waals surface area (Å²) in [5.74, 6) is 1.03. The number of rotatable bonds is 6. The van der Waals surface area contributed by atoms with E-state index in [2.05, 4.69) is 62.6 Å². The highest BCUT2D eigenvalue weighted by atomic mass is 127. The molecule has 0 atom stereocenters. The van der Waals surface area contributed by atoms with Gasteiger partial charge in [0.2, 0.25) is 5.90 Å². The largest absolute Gasteiger partial charge is 0.493 e. The fourth-order valence-electron chi connectivity index (χ4n) is 3.23. The van der Waals surface area contributed by atoms with Gasteiger partial charge in [0.1, 0.15) is 6.61 Å². The summed E-state index contributed by atoms with van der Waals surface area (Å²) >= 11 is 5.62. The highest BCUT2D eigenvalue weighted by Crippen LogP contribution is 2.35. The molecule has 0 unspecified atom stereocenters. The predicted octanol–water partition coefficient (Wildman–Crippen LogP) is 6.29. The van der Waals surface area contributed by atoms with E-state index in [-0.39, 0.29) is 11.6 Å². The molecule has 1 heterocycles. The SMILES string of the molecule is COc1cc(/C=C2\N=C(c3cccc(Br)c3)OC2=O)cc(I)c1OCc1cccc(C)c1. The number of hydrogen-bond donors (Lipinski definition) is 0. The molecule has 4 rings (SSSR count). The summed E-state index contributed by atoms with van der Waals surface area (Å²) in [6.45, 7) is 2.48. The van der Waals surface area contributed by atoms with Crippen molar-refractivity contribution in [1.29, 1.82) is 0 Å². The lowest BCUT2D eigenvalue weighted by Crippen LogP contribution is -2.05. The zero-order chi connectivity index (χ0) is 22.7. The average Bonchev–Trinajstić information content (AvgIpc) is 3.13. The molecule has 0 aliphatic carbocycles. The van der Waals surface area contributed by atoms with Crippen LogP contribution in [0.5, 0.6) is 11.5 Å². The van der Waals surface area contributed by atoms with Gasteiger partial charge in [-0.25, -0.2) is 9.79 Å². The van der Waals surface area contributed by atoms with Crippen LogP contribution in [-0.4, -0.2) is 19.0 Å². The lowest BCUT2D eigenvalue weighted by molar-refractivity contribution is -0.129. The van der Waals surface area contributed by atoms with Gasteiger partial charge in [-0.05, 0) is 77.0 Å². The molecule has 0 fully saturated rings. The van der Waals surface area contributed by atoms with E-state index in [1.54, 1.807) is 13.2 Å². The fourth-order valence-corrected chi connectivity index (χ4v) is 4.41. The Morgan fingerprint density at radius 2 is 1.94 bits per heavy atom. The third-order valence-electron chi connectivity index (χ3n) is 4.71. The number of methoxy groups -OCH3 is 1. The standard InChI is InChI=1S/C25H19BrINO4/c1-15-5-3-6-16(9-15)14-31-23-20(27)10-17(12-22(23)30-2)11-21-25(29)32-24(28-21)18-7-4-8-19(26)13-18/h3-13H,14H2,1-2H3/b21-11-. The summed E-state index contributed by atoms with van der Waals surface area (Å²) < 4.78 is 18.7. The molecule has 3 aromatic rings. The van der Waals surface area contributed by atoms with Crippen molar-refractivity contribution < 1.29 is 19.0 Å². The number of aliphatic imine (C=N–C) groups is 1. The minimum atomic E-state index is -0.492. The minimum absolute atomic E-state index is 0.228. The van der Waals surface area contributed by atoms with Crippen LogP contribution in [-0.2, 0) is 16.1 Å². The Bertz CT molecular complexity index is 1250. The van der Waals surface area contributed by atoms with Crippen LogP contribution < -0.4 is 9.47 Å². The van der Waals surface area contributed by atoms with Crippen molar-refractivity contribution >= 4 is 56.5 Å². The molecular formula is C25H19BrINO4. The molecule has 7 heteroatoms. The maximum atomic E-state index is 12.4. The molecule has 162 valence electrons. The first kappa shape index (κ1) is 22.5. The first-order valence-electron chi connectivity index (χ1n) is 9.77. The second-order valence-electron chi connectivity index (χ2n) is 7.16. The highest BCUT2D eigenvalue weighted by Gasteiger charge is 2.24. The number of carbonyl (C=O) groups is 1. The number of esters is 1. The molecule has 0 N–H and O–H groups in total. The van der Waals surface area contributed by atoms with Crippen LogP contribution in [0.4, 0.5) is 0 Å². The van der Waals surface area contributed by atoms with Crippen molar-refractivity contribution in [2.24, 2.45) is 4.99 Å². The molecule has 32 heavy (non-hydrogen) atoms. The normalized spacial score (nSPS) is 14.3. The molecule has 0 radical (unpaired) electrons. The van der Waals surface area contributed by atoms with Crippen molar-refractivity contribution in [3.05, 3.63) is 96.7 Å². The zero-order valence-electron chi connectivity index (χ0n) is 17.4. The quantitative estimate of drug-likeness (QED) is 0.189. The molecule has 1 aliphatic heterocycles. The number of hydrogen-bond acceptors (Lipinski definition) is 5. The van der Waals surface area contributed by atoms with E-state index in [1.807, 2.05) is 48.5 Å². The molecule has 0 bridgehead atoms. The van der Waals surface area contributed by atoms with E-state index >= 15 is 0 Å². The summed E-state index contributed by atoms with van der Waals surface area (Å²) in [7, 11) is 1.59. The smallest absolute Gasteiger partial charge is 0.363 e. The van der Waals surface area contributed by atoms with Gasteiger partial charge in [0.15, 0.2) is 17.2 Å². The number of nitrogens with zero attached hydrogens (tertiary/aromatic N) is 1. The van der Waals surface area contributed by atoms with Gasteiger partial charge in [-0.1, -0.05) is 51.8 Å². The van der Waals surface area contributed by atoms with Crippen LogP contribution in [0.2, 0.25) is 0 Å². The molecule has 5 nitrogen and oxygen atoms in total. The maximum absolute atomic E-state index is 12.4. The lowest BCUT2D eigenvalue weighted by Gasteiger charge is -2.14. The number of halogens is 2. The first-order valence-corrected chi connectivity index (χ1v) is 11.6. The molecule has 3 aromatic carbocycles. The van der Waals surface area contributed by atoms with Gasteiger partial charge in [-0.2, -0.15) is 0 Å². The third-order valence-corrected chi connectivity index (χ3v) is 6.01. The Morgan fingerprint density at radius 1 is 1.12 bits per heavy atom. The Labute approximate surface area is 208 Å². The van der Waals surface area contributed by atoms with Gasteiger partial charge >= 0.3 is 5.97 Å². The van der Waals surface area contributed by atoms with E-state index in [9.17, 15) is 4.79 Å². The van der Waals surface area contributed by atoms with E-state index in [0.717, 1.165) is 24.7 Å². The van der Waals surface area contributed by atoms with Crippen molar-refractivity contribution in [2.45, 2.75) is 13.5 Å². The van der Waals surface area contributed by atoms with Gasteiger partial charge in [-0.3, -0.25) is 0 Å². The van der Waals surface area contributed by atoms with Crippen LogP contribution in [0, 0.1) is 10.5 Å². The predicted molar refractivity (Wildman–Crippen MR) is 136 cm³/mol. The lowest BCUT2D eigenvalue weighted by atomic mass is 10.1. The number of ether oxygens (including phenoxy) is 3.